The summed E-state index contributed by atoms with van der Waals surface area (Å²) < 4.78 is 1.16. The fourth-order valence-corrected chi connectivity index (χ4v) is 17.1. The highest BCUT2D eigenvalue weighted by Gasteiger charge is 2.39. The molecule has 0 fully saturated rings. The molecule has 3 aliphatic rings. The van der Waals surface area contributed by atoms with Crippen LogP contribution in [0.4, 0.5) is 22.7 Å². The van der Waals surface area contributed by atoms with Crippen LogP contribution in [0.5, 0.6) is 0 Å². The van der Waals surface area contributed by atoms with Crippen molar-refractivity contribution in [2.24, 2.45) is 0 Å². The van der Waals surface area contributed by atoms with Crippen LogP contribution in [0.3, 0.4) is 0 Å². The molecule has 0 heterocycles. The SMILES string of the molecule is CC1(C)c2ccccc2-c2ccc(Br)cc21.CC1(C)c2ccccc2-c2ccc(N(c3ccc4c(c3)C(C)(C)c3ccccc3-4)c3ccc(-c4cc5ccccc5c5ccccc45)cc3-c3ccccc3)cc21.Nc1ccc(-c2cc3ccccc3c3ccccc23)cc1-c1ccccc1. The summed E-state index contributed by atoms with van der Waals surface area (Å²) in [6, 6.07) is 122. The molecule has 0 atom stereocenters. The second kappa shape index (κ2) is 24.6. The second-order valence-corrected chi connectivity index (χ2v) is 29.6. The molecular formula is C97H75BrN2. The third-order valence-electron chi connectivity index (χ3n) is 21.8. The van der Waals surface area contributed by atoms with E-state index >= 15 is 0 Å². The van der Waals surface area contributed by atoms with Gasteiger partial charge in [-0.15, -0.1) is 0 Å². The Morgan fingerprint density at radius 1 is 0.240 bits per heavy atom. The predicted octanol–water partition coefficient (Wildman–Crippen LogP) is 27.1. The Kier molecular flexibility index (Phi) is 15.3. The molecule has 0 saturated heterocycles. The molecule has 0 aliphatic heterocycles. The minimum Gasteiger partial charge on any atom is -0.398 e. The van der Waals surface area contributed by atoms with E-state index in [-0.39, 0.29) is 16.2 Å². The lowest BCUT2D eigenvalue weighted by Gasteiger charge is -2.31. The molecule has 0 spiro atoms. The van der Waals surface area contributed by atoms with Gasteiger partial charge in [-0.3, -0.25) is 0 Å². The fraction of sp³-hybridized carbons (Fsp3) is 0.0928. The van der Waals surface area contributed by atoms with Gasteiger partial charge in [-0.1, -0.05) is 318 Å². The molecule has 16 aromatic rings. The van der Waals surface area contributed by atoms with Crippen molar-refractivity contribution in [2.45, 2.75) is 57.8 Å². The lowest BCUT2D eigenvalue weighted by molar-refractivity contribution is 0.660. The monoisotopic (exact) mass is 1350 g/mol. The first-order chi connectivity index (χ1) is 48.7. The number of nitrogens with two attached hydrogens (primary N) is 1. The summed E-state index contributed by atoms with van der Waals surface area (Å²) in [7, 11) is 0. The van der Waals surface area contributed by atoms with Crippen molar-refractivity contribution in [2.75, 3.05) is 10.6 Å². The van der Waals surface area contributed by atoms with Gasteiger partial charge in [-0.05, 0) is 216 Å². The summed E-state index contributed by atoms with van der Waals surface area (Å²) in [5.74, 6) is 0. The fourth-order valence-electron chi connectivity index (χ4n) is 16.7. The van der Waals surface area contributed by atoms with Crippen molar-refractivity contribution in [3.8, 4) is 77.9 Å². The number of nitrogens with zero attached hydrogens (tertiary/aromatic N) is 1. The molecule has 3 heteroatoms. The van der Waals surface area contributed by atoms with E-state index in [1.165, 1.54) is 143 Å². The zero-order valence-electron chi connectivity index (χ0n) is 57.2. The van der Waals surface area contributed by atoms with Gasteiger partial charge >= 0.3 is 0 Å². The van der Waals surface area contributed by atoms with Crippen molar-refractivity contribution in [3.05, 3.63) is 372 Å². The van der Waals surface area contributed by atoms with Crippen molar-refractivity contribution in [1.82, 2.24) is 0 Å². The Bertz CT molecular complexity index is 5810. The van der Waals surface area contributed by atoms with Gasteiger partial charge in [-0.2, -0.15) is 0 Å². The van der Waals surface area contributed by atoms with Gasteiger partial charge in [0.2, 0.25) is 0 Å². The van der Waals surface area contributed by atoms with Crippen molar-refractivity contribution in [3.63, 3.8) is 0 Å². The van der Waals surface area contributed by atoms with Gasteiger partial charge in [0.15, 0.2) is 0 Å². The molecule has 0 radical (unpaired) electrons. The van der Waals surface area contributed by atoms with Crippen LogP contribution in [0, 0.1) is 0 Å². The topological polar surface area (TPSA) is 29.3 Å². The molecule has 0 unspecified atom stereocenters. The maximum atomic E-state index is 6.30. The first-order valence-electron chi connectivity index (χ1n) is 34.9. The van der Waals surface area contributed by atoms with Crippen LogP contribution in [-0.4, -0.2) is 0 Å². The van der Waals surface area contributed by atoms with Crippen LogP contribution in [0.1, 0.15) is 74.9 Å². The van der Waals surface area contributed by atoms with Gasteiger partial charge in [0.05, 0.1) is 5.69 Å². The average molecular weight is 1350 g/mol. The number of hydrogen-bond donors (Lipinski definition) is 1. The van der Waals surface area contributed by atoms with Gasteiger partial charge in [0.1, 0.15) is 0 Å². The summed E-state index contributed by atoms with van der Waals surface area (Å²) in [4.78, 5) is 2.52. The third kappa shape index (κ3) is 10.4. The molecule has 2 nitrogen and oxygen atoms in total. The lowest BCUT2D eigenvalue weighted by Crippen LogP contribution is -2.18. The highest BCUT2D eigenvalue weighted by Crippen LogP contribution is 2.55. The summed E-state index contributed by atoms with van der Waals surface area (Å²) >= 11 is 3.56. The van der Waals surface area contributed by atoms with E-state index in [0.29, 0.717) is 0 Å². The maximum Gasteiger partial charge on any atom is 0.0540 e. The zero-order chi connectivity index (χ0) is 68.0. The number of fused-ring (bicyclic) bond motifs is 15. The van der Waals surface area contributed by atoms with Crippen molar-refractivity contribution >= 4 is 81.8 Å². The van der Waals surface area contributed by atoms with Gasteiger partial charge in [-0.25, -0.2) is 0 Å². The summed E-state index contributed by atoms with van der Waals surface area (Å²) in [5, 5.41) is 10.2. The molecule has 2 N–H and O–H groups in total. The Morgan fingerprint density at radius 2 is 0.590 bits per heavy atom. The molecule has 100 heavy (non-hydrogen) atoms. The Hall–Kier alpha value is -11.4. The standard InChI is InChI=1S/C56H43N.C26H19N.C15H13Br/c1-55(2)50-24-14-12-22-44(50)46-29-27-39(34-52(46)55)57(40-28-30-47-45-23-13-15-25-51(45)56(3,4)53(47)35-40)54-31-26-38(33-49(54)36-16-6-5-7-17-36)48-32-37-18-8-9-19-41(37)42-20-10-11-21-43(42)48;27-26-15-14-20(17-25(26)18-8-2-1-3-9-18)24-16-19-10-4-5-11-21(19)22-12-6-7-13-23(22)24;1-15(2)13-6-4-3-5-11(13)12-8-7-10(16)9-14(12)15/h5-35H,1-4H3;1-17H,27H2;3-9H,1-2H3. The smallest absolute Gasteiger partial charge is 0.0540 e. The zero-order valence-corrected chi connectivity index (χ0v) is 58.7. The Morgan fingerprint density at radius 3 is 1.06 bits per heavy atom. The van der Waals surface area contributed by atoms with Crippen LogP contribution in [-0.2, 0) is 16.2 Å². The first kappa shape index (κ1) is 62.2. The quantitative estimate of drug-likeness (QED) is 0.127. The number of anilines is 4. The lowest BCUT2D eigenvalue weighted by atomic mass is 9.82. The van der Waals surface area contributed by atoms with Crippen molar-refractivity contribution in [1.29, 1.82) is 0 Å². The molecule has 16 aromatic carbocycles. The minimum atomic E-state index is -0.127. The van der Waals surface area contributed by atoms with Gasteiger partial charge in [0.25, 0.3) is 0 Å². The summed E-state index contributed by atoms with van der Waals surface area (Å²) in [5.41, 5.74) is 36.3. The van der Waals surface area contributed by atoms with E-state index in [9.17, 15) is 0 Å². The largest absolute Gasteiger partial charge is 0.398 e. The molecule has 3 aliphatic carbocycles. The highest BCUT2D eigenvalue weighted by molar-refractivity contribution is 9.10. The van der Waals surface area contributed by atoms with Gasteiger partial charge < -0.3 is 10.6 Å². The number of halogens is 1. The average Bonchev–Trinajstić information content (AvgIpc) is 1.55. The molecule has 0 amide bonds. The van der Waals surface area contributed by atoms with E-state index < -0.39 is 0 Å². The maximum absolute atomic E-state index is 6.30. The normalized spacial score (nSPS) is 13.6. The van der Waals surface area contributed by atoms with E-state index in [1.807, 2.05) is 24.3 Å². The number of hydrogen-bond acceptors (Lipinski definition) is 2. The molecule has 0 aromatic heterocycles. The van der Waals surface area contributed by atoms with Crippen LogP contribution < -0.4 is 10.6 Å². The second-order valence-electron chi connectivity index (χ2n) is 28.6. The van der Waals surface area contributed by atoms with Crippen LogP contribution in [0.2, 0.25) is 0 Å². The molecule has 19 rings (SSSR count). The third-order valence-corrected chi connectivity index (χ3v) is 22.3. The van der Waals surface area contributed by atoms with Crippen LogP contribution in [0.25, 0.3) is 121 Å². The molecule has 0 saturated carbocycles. The summed E-state index contributed by atoms with van der Waals surface area (Å²) in [6.45, 7) is 14.1. The van der Waals surface area contributed by atoms with Crippen molar-refractivity contribution < 1.29 is 0 Å². The summed E-state index contributed by atoms with van der Waals surface area (Å²) in [6.07, 6.45) is 0. The first-order valence-corrected chi connectivity index (χ1v) is 35.6. The Labute approximate surface area is 595 Å². The van der Waals surface area contributed by atoms with Crippen LogP contribution in [0.15, 0.2) is 338 Å². The van der Waals surface area contributed by atoms with E-state index in [4.69, 9.17) is 5.73 Å². The van der Waals surface area contributed by atoms with E-state index in [0.717, 1.165) is 38.3 Å². The number of benzene rings is 16. The minimum absolute atomic E-state index is 0.121. The van der Waals surface area contributed by atoms with E-state index in [2.05, 4.69) is 372 Å². The predicted molar refractivity (Wildman–Crippen MR) is 431 cm³/mol. The molecular weight excluding hydrogens is 1270 g/mol. The van der Waals surface area contributed by atoms with Crippen LogP contribution >= 0.6 is 15.9 Å². The molecule has 480 valence electrons. The van der Waals surface area contributed by atoms with E-state index in [1.54, 1.807) is 0 Å². The molecule has 0 bridgehead atoms. The number of nitrogen functional groups attached to an aromatic ring is 1. The van der Waals surface area contributed by atoms with Gasteiger partial charge in [0, 0.05) is 48.9 Å². The Balaban J connectivity index is 0.000000142. The number of rotatable bonds is 7. The highest BCUT2D eigenvalue weighted by atomic mass is 79.9.